The minimum Gasteiger partial charge on any atom is -0.482 e. The molecule has 1 aromatic carbocycles. The second kappa shape index (κ2) is 10.9. The zero-order valence-corrected chi connectivity index (χ0v) is 17.4. The number of hydrogen-bond acceptors (Lipinski definition) is 4. The highest BCUT2D eigenvalue weighted by Gasteiger charge is 2.24. The number of benzene rings is 1. The van der Waals surface area contributed by atoms with Gasteiger partial charge >= 0.3 is 0 Å². The number of likely N-dealkylation sites (tertiary alicyclic amines) is 1. The van der Waals surface area contributed by atoms with E-state index >= 15 is 0 Å². The Morgan fingerprint density at radius 3 is 2.90 bits per heavy atom. The van der Waals surface area contributed by atoms with Gasteiger partial charge in [0.25, 0.3) is 5.91 Å². The van der Waals surface area contributed by atoms with Crippen LogP contribution in [0.25, 0.3) is 0 Å². The topological polar surface area (TPSA) is 69.2 Å². The molecule has 0 saturated carbocycles. The summed E-state index contributed by atoms with van der Waals surface area (Å²) < 4.78 is 5.50. The maximum absolute atomic E-state index is 12.3. The van der Waals surface area contributed by atoms with Crippen molar-refractivity contribution >= 4 is 17.6 Å². The van der Waals surface area contributed by atoms with Crippen molar-refractivity contribution in [3.05, 3.63) is 36.9 Å². The Kier molecular flexibility index (Phi) is 7.93. The number of rotatable bonds is 8. The summed E-state index contributed by atoms with van der Waals surface area (Å²) in [5.41, 5.74) is 0.851. The number of piperidine rings is 1. The molecule has 0 unspecified atom stereocenters. The Labute approximate surface area is 173 Å². The van der Waals surface area contributed by atoms with E-state index in [0.29, 0.717) is 19.1 Å². The fourth-order valence-corrected chi connectivity index (χ4v) is 3.77. The zero-order chi connectivity index (χ0) is 20.5. The van der Waals surface area contributed by atoms with Crippen LogP contribution in [0.4, 0.5) is 5.69 Å². The molecular formula is C22H33N5O2. The van der Waals surface area contributed by atoms with Gasteiger partial charge in [-0.3, -0.25) is 14.7 Å². The van der Waals surface area contributed by atoms with E-state index < -0.39 is 0 Å². The number of amides is 1. The Hall–Kier alpha value is -2.54. The average molecular weight is 400 g/mol. The molecule has 0 bridgehead atoms. The first-order chi connectivity index (χ1) is 14.2. The van der Waals surface area contributed by atoms with E-state index in [9.17, 15) is 4.79 Å². The van der Waals surface area contributed by atoms with Gasteiger partial charge in [0.15, 0.2) is 12.6 Å². The summed E-state index contributed by atoms with van der Waals surface area (Å²) >= 11 is 0. The molecule has 0 aromatic heterocycles. The van der Waals surface area contributed by atoms with Crippen LogP contribution in [-0.4, -0.2) is 68.7 Å². The highest BCUT2D eigenvalue weighted by Crippen LogP contribution is 2.31. The lowest BCUT2D eigenvalue weighted by Crippen LogP contribution is -2.48. The number of aliphatic imine (C=N–C) groups is 1. The number of carbonyl (C=O) groups is 1. The van der Waals surface area contributed by atoms with Gasteiger partial charge in [-0.2, -0.15) is 0 Å². The molecule has 7 nitrogen and oxygen atoms in total. The minimum absolute atomic E-state index is 0.00370. The molecule has 1 fully saturated rings. The Morgan fingerprint density at radius 1 is 1.34 bits per heavy atom. The van der Waals surface area contributed by atoms with E-state index in [1.807, 2.05) is 35.2 Å². The Balaban J connectivity index is 1.48. The van der Waals surface area contributed by atoms with Crippen LogP contribution in [0, 0.1) is 0 Å². The van der Waals surface area contributed by atoms with Crippen LogP contribution >= 0.6 is 0 Å². The van der Waals surface area contributed by atoms with E-state index in [1.54, 1.807) is 0 Å². The third-order valence-corrected chi connectivity index (χ3v) is 5.28. The van der Waals surface area contributed by atoms with Crippen LogP contribution in [0.5, 0.6) is 5.75 Å². The van der Waals surface area contributed by atoms with Gasteiger partial charge in [-0.05, 0) is 38.3 Å². The van der Waals surface area contributed by atoms with Gasteiger partial charge in [0, 0.05) is 45.3 Å². The molecule has 2 aliphatic heterocycles. The van der Waals surface area contributed by atoms with Gasteiger partial charge in [0.1, 0.15) is 5.75 Å². The van der Waals surface area contributed by atoms with Crippen molar-refractivity contribution in [3.63, 3.8) is 0 Å². The van der Waals surface area contributed by atoms with E-state index in [1.165, 1.54) is 0 Å². The van der Waals surface area contributed by atoms with Crippen LogP contribution in [0.15, 0.2) is 41.9 Å². The molecule has 0 radical (unpaired) electrons. The van der Waals surface area contributed by atoms with Gasteiger partial charge in [0.2, 0.25) is 0 Å². The van der Waals surface area contributed by atoms with Gasteiger partial charge in [-0.1, -0.05) is 18.2 Å². The fourth-order valence-electron chi connectivity index (χ4n) is 3.77. The summed E-state index contributed by atoms with van der Waals surface area (Å²) in [7, 11) is 0. The molecule has 0 atom stereocenters. The SMILES string of the molecule is C=CCN1CCC(NC(=NCCCN2C(=O)COc3ccccc32)NCC)CC1. The van der Waals surface area contributed by atoms with Crippen molar-refractivity contribution in [2.45, 2.75) is 32.2 Å². The van der Waals surface area contributed by atoms with Crippen molar-refractivity contribution in [2.75, 3.05) is 50.8 Å². The summed E-state index contributed by atoms with van der Waals surface area (Å²) in [6.07, 6.45) is 4.99. The second-order valence-electron chi connectivity index (χ2n) is 7.42. The third-order valence-electron chi connectivity index (χ3n) is 5.28. The Morgan fingerprint density at radius 2 is 2.14 bits per heavy atom. The van der Waals surface area contributed by atoms with E-state index in [2.05, 4.69) is 29.0 Å². The van der Waals surface area contributed by atoms with Crippen LogP contribution in [0.3, 0.4) is 0 Å². The molecule has 1 amide bonds. The standard InChI is InChI=1S/C22H33N5O2/c1-3-13-26-15-10-18(11-16-26)25-22(23-4-2)24-12-7-14-27-19-8-5-6-9-20(19)29-17-21(27)28/h3,5-6,8-9,18H,1,4,7,10-17H2,2H3,(H2,23,24,25). The van der Waals surface area contributed by atoms with Crippen molar-refractivity contribution in [2.24, 2.45) is 4.99 Å². The predicted octanol–water partition coefficient (Wildman–Crippen LogP) is 2.01. The summed E-state index contributed by atoms with van der Waals surface area (Å²) in [6.45, 7) is 11.3. The molecule has 158 valence electrons. The fraction of sp³-hybridized carbons (Fsp3) is 0.545. The first-order valence-corrected chi connectivity index (χ1v) is 10.6. The number of fused-ring (bicyclic) bond motifs is 1. The van der Waals surface area contributed by atoms with Gasteiger partial charge in [0.05, 0.1) is 5.69 Å². The van der Waals surface area contributed by atoms with Crippen molar-refractivity contribution in [1.82, 2.24) is 15.5 Å². The molecule has 1 aromatic rings. The van der Waals surface area contributed by atoms with Crippen molar-refractivity contribution in [1.29, 1.82) is 0 Å². The number of nitrogens with zero attached hydrogens (tertiary/aromatic N) is 3. The molecule has 29 heavy (non-hydrogen) atoms. The van der Waals surface area contributed by atoms with Gasteiger partial charge < -0.3 is 20.3 Å². The maximum atomic E-state index is 12.3. The van der Waals surface area contributed by atoms with Crippen LogP contribution in [-0.2, 0) is 4.79 Å². The zero-order valence-electron chi connectivity index (χ0n) is 17.4. The van der Waals surface area contributed by atoms with Gasteiger partial charge in [-0.15, -0.1) is 6.58 Å². The monoisotopic (exact) mass is 399 g/mol. The molecule has 3 rings (SSSR count). The molecular weight excluding hydrogens is 366 g/mol. The van der Waals surface area contributed by atoms with Gasteiger partial charge in [-0.25, -0.2) is 0 Å². The quantitative estimate of drug-likeness (QED) is 0.303. The van der Waals surface area contributed by atoms with E-state index in [-0.39, 0.29) is 12.5 Å². The normalized spacial score (nSPS) is 18.2. The minimum atomic E-state index is 0.00370. The highest BCUT2D eigenvalue weighted by molar-refractivity contribution is 5.97. The van der Waals surface area contributed by atoms with E-state index in [0.717, 1.165) is 62.8 Å². The molecule has 2 N–H and O–H groups in total. The summed E-state index contributed by atoms with van der Waals surface area (Å²) in [6, 6.07) is 8.13. The number of para-hydroxylation sites is 2. The highest BCUT2D eigenvalue weighted by atomic mass is 16.5. The molecule has 7 heteroatoms. The number of hydrogen-bond donors (Lipinski definition) is 2. The third kappa shape index (κ3) is 5.97. The molecule has 2 aliphatic rings. The number of anilines is 1. The first kappa shape index (κ1) is 21.2. The Bertz CT molecular complexity index is 713. The van der Waals surface area contributed by atoms with E-state index in [4.69, 9.17) is 9.73 Å². The largest absolute Gasteiger partial charge is 0.482 e. The second-order valence-corrected chi connectivity index (χ2v) is 7.42. The average Bonchev–Trinajstić information content (AvgIpc) is 2.74. The number of carbonyl (C=O) groups excluding carboxylic acids is 1. The molecule has 0 spiro atoms. The maximum Gasteiger partial charge on any atom is 0.265 e. The molecule has 0 aliphatic carbocycles. The van der Waals surface area contributed by atoms with Crippen LogP contribution < -0.4 is 20.3 Å². The van der Waals surface area contributed by atoms with Crippen molar-refractivity contribution < 1.29 is 9.53 Å². The van der Waals surface area contributed by atoms with Crippen LogP contribution in [0.1, 0.15) is 26.2 Å². The number of guanidine groups is 1. The number of ether oxygens (including phenoxy) is 1. The number of nitrogens with one attached hydrogen (secondary N) is 2. The predicted molar refractivity (Wildman–Crippen MR) is 118 cm³/mol. The summed E-state index contributed by atoms with van der Waals surface area (Å²) in [4.78, 5) is 21.2. The summed E-state index contributed by atoms with van der Waals surface area (Å²) in [5, 5.41) is 6.91. The van der Waals surface area contributed by atoms with Crippen molar-refractivity contribution in [3.8, 4) is 5.75 Å². The summed E-state index contributed by atoms with van der Waals surface area (Å²) in [5.74, 6) is 1.64. The molecule has 2 heterocycles. The molecule has 1 saturated heterocycles. The lowest BCUT2D eigenvalue weighted by molar-refractivity contribution is -0.121. The lowest BCUT2D eigenvalue weighted by atomic mass is 10.1. The lowest BCUT2D eigenvalue weighted by Gasteiger charge is -2.32. The smallest absolute Gasteiger partial charge is 0.265 e. The first-order valence-electron chi connectivity index (χ1n) is 10.6. The van der Waals surface area contributed by atoms with Crippen LogP contribution in [0.2, 0.25) is 0 Å².